The lowest BCUT2D eigenvalue weighted by Crippen LogP contribution is -2.55. The van der Waals surface area contributed by atoms with Crippen LogP contribution in [0.4, 0.5) is 11.6 Å². The van der Waals surface area contributed by atoms with Gasteiger partial charge in [-0.1, -0.05) is 0 Å². The molecule has 5 nitrogen and oxygen atoms in total. The van der Waals surface area contributed by atoms with Gasteiger partial charge in [0.25, 0.3) is 0 Å². The predicted octanol–water partition coefficient (Wildman–Crippen LogP) is 1.19. The van der Waals surface area contributed by atoms with Crippen LogP contribution >= 0.6 is 0 Å². The minimum Gasteiger partial charge on any atom is -0.372 e. The highest BCUT2D eigenvalue weighted by atomic mass is 15.3. The fourth-order valence-electron chi connectivity index (χ4n) is 3.12. The first-order chi connectivity index (χ1) is 8.78. The van der Waals surface area contributed by atoms with Gasteiger partial charge in [-0.25, -0.2) is 4.98 Å². The van der Waals surface area contributed by atoms with Crippen molar-refractivity contribution in [2.75, 3.05) is 36.9 Å². The van der Waals surface area contributed by atoms with Crippen molar-refractivity contribution in [1.82, 2.24) is 14.9 Å². The van der Waals surface area contributed by atoms with E-state index in [1.807, 2.05) is 13.2 Å². The monoisotopic (exact) mass is 247 g/mol. The smallest absolute Gasteiger partial charge is 0.149 e. The van der Waals surface area contributed by atoms with E-state index >= 15 is 0 Å². The van der Waals surface area contributed by atoms with Gasteiger partial charge in [0.15, 0.2) is 0 Å². The third-order valence-corrected chi connectivity index (χ3v) is 4.11. The van der Waals surface area contributed by atoms with Gasteiger partial charge in [0.05, 0.1) is 12.4 Å². The van der Waals surface area contributed by atoms with Gasteiger partial charge < -0.3 is 10.2 Å². The van der Waals surface area contributed by atoms with E-state index in [0.717, 1.165) is 24.7 Å². The summed E-state index contributed by atoms with van der Waals surface area (Å²) < 4.78 is 0. The zero-order valence-electron chi connectivity index (χ0n) is 11.1. The van der Waals surface area contributed by atoms with Gasteiger partial charge >= 0.3 is 0 Å². The summed E-state index contributed by atoms with van der Waals surface area (Å²) in [5.74, 6) is 1.84. The van der Waals surface area contributed by atoms with Crippen molar-refractivity contribution in [3.8, 4) is 0 Å². The first-order valence-corrected chi connectivity index (χ1v) is 6.78. The van der Waals surface area contributed by atoms with Crippen LogP contribution in [0.5, 0.6) is 0 Å². The van der Waals surface area contributed by atoms with E-state index in [1.165, 1.54) is 19.4 Å². The van der Waals surface area contributed by atoms with Crippen molar-refractivity contribution < 1.29 is 0 Å². The summed E-state index contributed by atoms with van der Waals surface area (Å²) in [7, 11) is 1.88. The highest BCUT2D eigenvalue weighted by Crippen LogP contribution is 2.27. The second-order valence-electron chi connectivity index (χ2n) is 5.30. The number of nitrogens with zero attached hydrogens (tertiary/aromatic N) is 4. The molecule has 0 saturated carbocycles. The first kappa shape index (κ1) is 11.7. The first-order valence-electron chi connectivity index (χ1n) is 6.78. The lowest BCUT2D eigenvalue weighted by atomic mass is 10.1. The molecule has 3 heterocycles. The van der Waals surface area contributed by atoms with Gasteiger partial charge in [-0.05, 0) is 26.3 Å². The van der Waals surface area contributed by atoms with Gasteiger partial charge in [0, 0.05) is 32.2 Å². The maximum atomic E-state index is 4.61. The summed E-state index contributed by atoms with van der Waals surface area (Å²) in [5, 5.41) is 3.06. The number of anilines is 2. The van der Waals surface area contributed by atoms with Gasteiger partial charge in [-0.15, -0.1) is 0 Å². The Bertz CT molecular complexity index is 422. The Balaban J connectivity index is 1.81. The fraction of sp³-hybridized carbons (Fsp3) is 0.692. The minimum absolute atomic E-state index is 0.515. The van der Waals surface area contributed by atoms with Crippen LogP contribution < -0.4 is 10.2 Å². The van der Waals surface area contributed by atoms with Crippen LogP contribution in [0, 0.1) is 0 Å². The SMILES string of the molecule is CNc1cncc(N2CC3CCCN3CC2C)n1. The molecule has 98 valence electrons. The number of hydrogen-bond acceptors (Lipinski definition) is 5. The van der Waals surface area contributed by atoms with Crippen molar-refractivity contribution in [2.45, 2.75) is 31.8 Å². The molecule has 0 radical (unpaired) electrons. The van der Waals surface area contributed by atoms with Crippen molar-refractivity contribution >= 4 is 11.6 Å². The Morgan fingerprint density at radius 2 is 2.22 bits per heavy atom. The average Bonchev–Trinajstić information content (AvgIpc) is 2.85. The van der Waals surface area contributed by atoms with E-state index in [0.29, 0.717) is 12.1 Å². The Morgan fingerprint density at radius 3 is 3.06 bits per heavy atom. The zero-order valence-corrected chi connectivity index (χ0v) is 11.1. The second kappa shape index (κ2) is 4.72. The number of nitrogens with one attached hydrogen (secondary N) is 1. The molecular formula is C13H21N5. The highest BCUT2D eigenvalue weighted by molar-refractivity contribution is 5.45. The van der Waals surface area contributed by atoms with Crippen LogP contribution in [0.1, 0.15) is 19.8 Å². The Kier molecular flexibility index (Phi) is 3.07. The van der Waals surface area contributed by atoms with Gasteiger partial charge in [0.2, 0.25) is 0 Å². The molecule has 5 heteroatoms. The molecule has 3 rings (SSSR count). The molecule has 0 aromatic carbocycles. The standard InChI is InChI=1S/C13H21N5/c1-10-8-17-5-3-4-11(17)9-18(10)13-7-15-6-12(14-2)16-13/h6-7,10-11H,3-5,8-9H2,1-2H3,(H,14,16). The lowest BCUT2D eigenvalue weighted by molar-refractivity contribution is 0.202. The number of aromatic nitrogens is 2. The maximum absolute atomic E-state index is 4.61. The molecule has 2 saturated heterocycles. The van der Waals surface area contributed by atoms with E-state index in [2.05, 4.69) is 32.0 Å². The normalized spacial score (nSPS) is 28.2. The third-order valence-electron chi connectivity index (χ3n) is 4.11. The molecule has 0 spiro atoms. The number of hydrogen-bond donors (Lipinski definition) is 1. The van der Waals surface area contributed by atoms with Crippen LogP contribution in [-0.4, -0.2) is 53.6 Å². The van der Waals surface area contributed by atoms with Crippen molar-refractivity contribution in [1.29, 1.82) is 0 Å². The summed E-state index contributed by atoms with van der Waals surface area (Å²) in [4.78, 5) is 13.9. The quantitative estimate of drug-likeness (QED) is 0.850. The average molecular weight is 247 g/mol. The molecule has 0 aliphatic carbocycles. The molecule has 1 N–H and O–H groups in total. The molecular weight excluding hydrogens is 226 g/mol. The maximum Gasteiger partial charge on any atom is 0.149 e. The molecule has 1 aromatic heterocycles. The third kappa shape index (κ3) is 2.03. The van der Waals surface area contributed by atoms with E-state index in [4.69, 9.17) is 0 Å². The van der Waals surface area contributed by atoms with Crippen molar-refractivity contribution in [2.24, 2.45) is 0 Å². The van der Waals surface area contributed by atoms with Crippen LogP contribution in [0.25, 0.3) is 0 Å². The summed E-state index contributed by atoms with van der Waals surface area (Å²) in [6, 6.07) is 1.22. The molecule has 0 bridgehead atoms. The number of fused-ring (bicyclic) bond motifs is 1. The summed E-state index contributed by atoms with van der Waals surface area (Å²) in [6.07, 6.45) is 6.30. The Hall–Kier alpha value is -1.36. The molecule has 2 unspecified atom stereocenters. The number of piperazine rings is 1. The zero-order chi connectivity index (χ0) is 12.5. The Labute approximate surface area is 108 Å². The van der Waals surface area contributed by atoms with E-state index in [-0.39, 0.29) is 0 Å². The molecule has 18 heavy (non-hydrogen) atoms. The van der Waals surface area contributed by atoms with Crippen molar-refractivity contribution in [3.05, 3.63) is 12.4 Å². The molecule has 2 atom stereocenters. The fourth-order valence-corrected chi connectivity index (χ4v) is 3.12. The predicted molar refractivity (Wildman–Crippen MR) is 73.0 cm³/mol. The van der Waals surface area contributed by atoms with Gasteiger partial charge in [0.1, 0.15) is 11.6 Å². The van der Waals surface area contributed by atoms with Gasteiger partial charge in [-0.2, -0.15) is 0 Å². The van der Waals surface area contributed by atoms with Crippen LogP contribution in [0.2, 0.25) is 0 Å². The molecule has 1 aromatic rings. The minimum atomic E-state index is 0.515. The molecule has 2 aliphatic rings. The van der Waals surface area contributed by atoms with Crippen LogP contribution in [0.3, 0.4) is 0 Å². The lowest BCUT2D eigenvalue weighted by Gasteiger charge is -2.42. The Morgan fingerprint density at radius 1 is 1.33 bits per heavy atom. The van der Waals surface area contributed by atoms with Crippen LogP contribution in [-0.2, 0) is 0 Å². The van der Waals surface area contributed by atoms with E-state index in [1.54, 1.807) is 6.20 Å². The highest BCUT2D eigenvalue weighted by Gasteiger charge is 2.34. The summed E-state index contributed by atoms with van der Waals surface area (Å²) in [6.45, 7) is 5.78. The molecule has 2 aliphatic heterocycles. The molecule has 2 fully saturated rings. The molecule has 0 amide bonds. The van der Waals surface area contributed by atoms with Crippen molar-refractivity contribution in [3.63, 3.8) is 0 Å². The topological polar surface area (TPSA) is 44.3 Å². The van der Waals surface area contributed by atoms with Crippen LogP contribution in [0.15, 0.2) is 12.4 Å². The van der Waals surface area contributed by atoms with E-state index in [9.17, 15) is 0 Å². The van der Waals surface area contributed by atoms with Gasteiger partial charge in [-0.3, -0.25) is 9.88 Å². The summed E-state index contributed by atoms with van der Waals surface area (Å²) in [5.41, 5.74) is 0. The summed E-state index contributed by atoms with van der Waals surface area (Å²) >= 11 is 0. The largest absolute Gasteiger partial charge is 0.372 e. The second-order valence-corrected chi connectivity index (χ2v) is 5.30. The number of rotatable bonds is 2. The van der Waals surface area contributed by atoms with E-state index < -0.39 is 0 Å².